The van der Waals surface area contributed by atoms with E-state index in [0.29, 0.717) is 38.3 Å². The van der Waals surface area contributed by atoms with E-state index >= 15 is 0 Å². The van der Waals surface area contributed by atoms with Crippen LogP contribution in [0.2, 0.25) is 0 Å². The van der Waals surface area contributed by atoms with Crippen molar-refractivity contribution in [2.24, 2.45) is 0 Å². The summed E-state index contributed by atoms with van der Waals surface area (Å²) in [5, 5.41) is 4.96. The van der Waals surface area contributed by atoms with E-state index in [9.17, 15) is 19.2 Å². The van der Waals surface area contributed by atoms with Crippen LogP contribution in [0.4, 0.5) is 16.2 Å². The van der Waals surface area contributed by atoms with E-state index < -0.39 is 23.8 Å². The predicted molar refractivity (Wildman–Crippen MR) is 165 cm³/mol. The third-order valence-electron chi connectivity index (χ3n) is 5.99. The summed E-state index contributed by atoms with van der Waals surface area (Å²) in [5.41, 5.74) is 1.84. The van der Waals surface area contributed by atoms with Crippen LogP contribution in [0.1, 0.15) is 24.5 Å². The molecule has 3 aromatic carbocycles. The van der Waals surface area contributed by atoms with Gasteiger partial charge in [-0.05, 0) is 71.7 Å². The molecule has 0 aliphatic carbocycles. The highest BCUT2D eigenvalue weighted by atomic mass is 79.9. The minimum Gasteiger partial charge on any atom is -0.493 e. The Kier molecular flexibility index (Phi) is 10.0. The van der Waals surface area contributed by atoms with Crippen molar-refractivity contribution in [3.05, 3.63) is 80.2 Å². The van der Waals surface area contributed by atoms with Crippen molar-refractivity contribution in [3.63, 3.8) is 0 Å². The van der Waals surface area contributed by atoms with Gasteiger partial charge in [0.1, 0.15) is 11.3 Å². The number of carbonyl (C=O) groups excluding carboxylic acids is 4. The number of amides is 5. The van der Waals surface area contributed by atoms with Crippen LogP contribution in [0.3, 0.4) is 0 Å². The Morgan fingerprint density at radius 1 is 1.00 bits per heavy atom. The number of barbiturate groups is 1. The van der Waals surface area contributed by atoms with E-state index in [1.807, 2.05) is 26.0 Å². The highest BCUT2D eigenvalue weighted by molar-refractivity contribution is 9.11. The molecule has 1 aliphatic heterocycles. The molecule has 0 bridgehead atoms. The predicted octanol–water partition coefficient (Wildman–Crippen LogP) is 6.00. The number of ether oxygens (including phenoxy) is 3. The molecule has 1 saturated heterocycles. The molecule has 2 N–H and O–H groups in total. The van der Waals surface area contributed by atoms with Crippen molar-refractivity contribution in [1.29, 1.82) is 0 Å². The van der Waals surface area contributed by atoms with Gasteiger partial charge in [0, 0.05) is 21.8 Å². The molecule has 5 amide bonds. The number of carbonyl (C=O) groups is 4. The molecule has 4 rings (SSSR count). The van der Waals surface area contributed by atoms with Crippen LogP contribution in [0, 0.1) is 6.92 Å². The summed E-state index contributed by atoms with van der Waals surface area (Å²) in [6.45, 7) is 4.02. The number of rotatable bonds is 10. The number of nitrogens with one attached hydrogen (secondary N) is 2. The number of imide groups is 2. The number of methoxy groups -OCH3 is 1. The summed E-state index contributed by atoms with van der Waals surface area (Å²) >= 11 is 6.83. The van der Waals surface area contributed by atoms with E-state index in [2.05, 4.69) is 42.5 Å². The molecule has 3 aromatic rings. The van der Waals surface area contributed by atoms with Gasteiger partial charge >= 0.3 is 6.03 Å². The fourth-order valence-corrected chi connectivity index (χ4v) is 5.36. The van der Waals surface area contributed by atoms with Gasteiger partial charge in [-0.25, -0.2) is 9.69 Å². The molecule has 0 unspecified atom stereocenters. The van der Waals surface area contributed by atoms with Gasteiger partial charge in [-0.1, -0.05) is 40.5 Å². The van der Waals surface area contributed by atoms with Gasteiger partial charge in [0.2, 0.25) is 0 Å². The molecule has 42 heavy (non-hydrogen) atoms. The second kappa shape index (κ2) is 13.7. The zero-order valence-corrected chi connectivity index (χ0v) is 26.1. The average Bonchev–Trinajstić information content (AvgIpc) is 2.95. The zero-order chi connectivity index (χ0) is 30.4. The van der Waals surface area contributed by atoms with Crippen molar-refractivity contribution >= 4 is 73.1 Å². The Morgan fingerprint density at radius 2 is 1.74 bits per heavy atom. The quantitative estimate of drug-likeness (QED) is 0.196. The summed E-state index contributed by atoms with van der Waals surface area (Å²) in [6.07, 6.45) is 2.08. The van der Waals surface area contributed by atoms with Gasteiger partial charge in [0.05, 0.1) is 23.9 Å². The van der Waals surface area contributed by atoms with E-state index in [0.717, 1.165) is 16.9 Å². The number of hydrogen-bond donors (Lipinski definition) is 2. The molecule has 218 valence electrons. The number of urea groups is 1. The standard InChI is InChI=1S/C30H27Br2N3O7/c1-4-11-41-24-10-9-21(15-25(24)40-3)35-29(38)22(28(37)34-30(35)39)13-18-12-19(31)14-23(32)27(18)42-16-26(36)33-20-7-5-17(2)6-8-20/h5-10,12-15H,4,11,16H2,1-3H3,(H,33,36)(H,34,37,39)/b22-13-. The van der Waals surface area contributed by atoms with Gasteiger partial charge in [-0.3, -0.25) is 19.7 Å². The van der Waals surface area contributed by atoms with Crippen molar-refractivity contribution in [2.45, 2.75) is 20.3 Å². The first-order valence-electron chi connectivity index (χ1n) is 12.8. The molecule has 0 saturated carbocycles. The third kappa shape index (κ3) is 7.18. The van der Waals surface area contributed by atoms with Crippen molar-refractivity contribution in [3.8, 4) is 17.2 Å². The first-order valence-corrected chi connectivity index (χ1v) is 14.4. The smallest absolute Gasteiger partial charge is 0.335 e. The molecule has 0 atom stereocenters. The summed E-state index contributed by atoms with van der Waals surface area (Å²) in [6, 6.07) is 14.3. The molecular weight excluding hydrogens is 674 g/mol. The summed E-state index contributed by atoms with van der Waals surface area (Å²) in [4.78, 5) is 52.6. The minimum absolute atomic E-state index is 0.177. The van der Waals surface area contributed by atoms with E-state index in [1.165, 1.54) is 25.3 Å². The molecule has 10 nitrogen and oxygen atoms in total. The largest absolute Gasteiger partial charge is 0.493 e. The Bertz CT molecular complexity index is 1570. The highest BCUT2D eigenvalue weighted by Crippen LogP contribution is 2.36. The zero-order valence-electron chi connectivity index (χ0n) is 23.0. The minimum atomic E-state index is -0.911. The highest BCUT2D eigenvalue weighted by Gasteiger charge is 2.37. The van der Waals surface area contributed by atoms with Crippen LogP contribution in [0.15, 0.2) is 69.1 Å². The first-order chi connectivity index (χ1) is 20.1. The van der Waals surface area contributed by atoms with Crippen LogP contribution < -0.4 is 29.7 Å². The Morgan fingerprint density at radius 3 is 2.43 bits per heavy atom. The second-order valence-corrected chi connectivity index (χ2v) is 10.9. The molecule has 1 heterocycles. The lowest BCUT2D eigenvalue weighted by Gasteiger charge is -2.27. The maximum absolute atomic E-state index is 13.6. The first kappa shape index (κ1) is 30.8. The van der Waals surface area contributed by atoms with Crippen LogP contribution in [0.5, 0.6) is 17.2 Å². The van der Waals surface area contributed by atoms with Crippen LogP contribution in [0.25, 0.3) is 6.08 Å². The van der Waals surface area contributed by atoms with Crippen molar-refractivity contribution in [1.82, 2.24) is 5.32 Å². The second-order valence-electron chi connectivity index (χ2n) is 9.15. The van der Waals surface area contributed by atoms with Crippen molar-refractivity contribution in [2.75, 3.05) is 30.5 Å². The summed E-state index contributed by atoms with van der Waals surface area (Å²) in [5.74, 6) is -1.15. The number of aryl methyl sites for hydroxylation is 1. The molecule has 1 fully saturated rings. The average molecular weight is 701 g/mol. The molecule has 0 aromatic heterocycles. The lowest BCUT2D eigenvalue weighted by Crippen LogP contribution is -2.54. The molecule has 0 spiro atoms. The Hall–Kier alpha value is -4.16. The van der Waals surface area contributed by atoms with E-state index in [-0.39, 0.29) is 23.6 Å². The maximum Gasteiger partial charge on any atom is 0.335 e. The van der Waals surface area contributed by atoms with Gasteiger partial charge < -0.3 is 19.5 Å². The molecular formula is C30H27Br2N3O7. The normalized spacial score (nSPS) is 14.1. The van der Waals surface area contributed by atoms with Gasteiger partial charge in [-0.2, -0.15) is 0 Å². The van der Waals surface area contributed by atoms with Crippen LogP contribution in [-0.4, -0.2) is 44.1 Å². The topological polar surface area (TPSA) is 123 Å². The van der Waals surface area contributed by atoms with E-state index in [1.54, 1.807) is 30.3 Å². The fourth-order valence-electron chi connectivity index (χ4n) is 3.99. The molecule has 12 heteroatoms. The van der Waals surface area contributed by atoms with Gasteiger partial charge in [0.25, 0.3) is 17.7 Å². The SMILES string of the molecule is CCCOc1ccc(N2C(=O)NC(=O)/C(=C/c3cc(Br)cc(Br)c3OCC(=O)Nc3ccc(C)cc3)C2=O)cc1OC. The lowest BCUT2D eigenvalue weighted by atomic mass is 10.1. The number of hydrogen-bond acceptors (Lipinski definition) is 7. The molecule has 0 radical (unpaired) electrons. The lowest BCUT2D eigenvalue weighted by molar-refractivity contribution is -0.122. The van der Waals surface area contributed by atoms with Crippen LogP contribution >= 0.6 is 31.9 Å². The number of benzene rings is 3. The van der Waals surface area contributed by atoms with Crippen molar-refractivity contribution < 1.29 is 33.4 Å². The van der Waals surface area contributed by atoms with Gasteiger partial charge in [0.15, 0.2) is 18.1 Å². The van der Waals surface area contributed by atoms with E-state index in [4.69, 9.17) is 14.2 Å². The third-order valence-corrected chi connectivity index (χ3v) is 7.04. The monoisotopic (exact) mass is 699 g/mol. The fraction of sp³-hybridized carbons (Fsp3) is 0.200. The summed E-state index contributed by atoms with van der Waals surface area (Å²) in [7, 11) is 1.44. The Balaban J connectivity index is 1.62. The number of nitrogens with zero attached hydrogens (tertiary/aromatic N) is 1. The number of anilines is 2. The Labute approximate surface area is 259 Å². The summed E-state index contributed by atoms with van der Waals surface area (Å²) < 4.78 is 17.9. The van der Waals surface area contributed by atoms with Crippen LogP contribution in [-0.2, 0) is 14.4 Å². The molecule has 1 aliphatic rings. The van der Waals surface area contributed by atoms with Gasteiger partial charge in [-0.15, -0.1) is 0 Å². The maximum atomic E-state index is 13.6. The number of halogens is 2.